The number of likely N-dealkylation sites (tertiary alicyclic amines) is 1. The molecule has 6 nitrogen and oxygen atoms in total. The molecule has 2 N–H and O–H groups in total. The van der Waals surface area contributed by atoms with E-state index in [-0.39, 0.29) is 5.91 Å². The van der Waals surface area contributed by atoms with Crippen molar-refractivity contribution in [1.29, 1.82) is 0 Å². The highest BCUT2D eigenvalue weighted by atomic mass is 16.5. The zero-order chi connectivity index (χ0) is 17.8. The average molecular weight is 346 g/mol. The number of carbonyl (C=O) groups excluding carboxylic acids is 2. The van der Waals surface area contributed by atoms with Crippen LogP contribution in [-0.4, -0.2) is 50.1 Å². The summed E-state index contributed by atoms with van der Waals surface area (Å²) < 4.78 is 10.7. The fraction of sp³-hybridized carbons (Fsp3) is 0.579. The molecule has 1 aliphatic heterocycles. The van der Waals surface area contributed by atoms with E-state index in [0.717, 1.165) is 6.42 Å². The standard InChI is InChI=1S/C19H26N2O4/c1-24-19(23)16-7-15(18(22)21-6-5-14(10-20)11-21)8-17(9-16)25-12-13-3-2-4-13/h7-9,13-14H,2-6,10-12,20H2,1H3. The van der Waals surface area contributed by atoms with E-state index in [2.05, 4.69) is 0 Å². The van der Waals surface area contributed by atoms with Crippen LogP contribution in [0, 0.1) is 11.8 Å². The first-order valence-electron chi connectivity index (χ1n) is 8.96. The van der Waals surface area contributed by atoms with E-state index >= 15 is 0 Å². The van der Waals surface area contributed by atoms with Gasteiger partial charge in [-0.05, 0) is 55.8 Å². The lowest BCUT2D eigenvalue weighted by Gasteiger charge is -2.25. The summed E-state index contributed by atoms with van der Waals surface area (Å²) in [5.74, 6) is 0.916. The Hall–Kier alpha value is -2.08. The molecule has 1 saturated heterocycles. The Morgan fingerprint density at radius 3 is 2.52 bits per heavy atom. The lowest BCUT2D eigenvalue weighted by molar-refractivity contribution is 0.0600. The Morgan fingerprint density at radius 2 is 1.92 bits per heavy atom. The van der Waals surface area contributed by atoms with Crippen molar-refractivity contribution in [2.45, 2.75) is 25.7 Å². The van der Waals surface area contributed by atoms with E-state index in [9.17, 15) is 9.59 Å². The van der Waals surface area contributed by atoms with Gasteiger partial charge in [0.1, 0.15) is 5.75 Å². The number of carbonyl (C=O) groups is 2. The highest BCUT2D eigenvalue weighted by Gasteiger charge is 2.27. The van der Waals surface area contributed by atoms with E-state index in [1.807, 2.05) is 0 Å². The van der Waals surface area contributed by atoms with Crippen molar-refractivity contribution in [2.75, 3.05) is 33.4 Å². The largest absolute Gasteiger partial charge is 0.493 e. The van der Waals surface area contributed by atoms with Crippen LogP contribution >= 0.6 is 0 Å². The number of methoxy groups -OCH3 is 1. The Balaban J connectivity index is 1.78. The van der Waals surface area contributed by atoms with Crippen molar-refractivity contribution in [3.8, 4) is 5.75 Å². The summed E-state index contributed by atoms with van der Waals surface area (Å²) >= 11 is 0. The second kappa shape index (κ2) is 7.87. The molecule has 1 aromatic rings. The van der Waals surface area contributed by atoms with E-state index in [1.54, 1.807) is 23.1 Å². The monoisotopic (exact) mass is 346 g/mol. The molecule has 6 heteroatoms. The van der Waals surface area contributed by atoms with Gasteiger partial charge in [-0.1, -0.05) is 6.42 Å². The van der Waals surface area contributed by atoms with Gasteiger partial charge in [0.05, 0.1) is 19.3 Å². The molecule has 0 aromatic heterocycles. The minimum absolute atomic E-state index is 0.0878. The third-order valence-corrected chi connectivity index (χ3v) is 5.19. The average Bonchev–Trinajstić information content (AvgIpc) is 3.08. The fourth-order valence-electron chi connectivity index (χ4n) is 3.31. The van der Waals surface area contributed by atoms with Crippen LogP contribution in [0.5, 0.6) is 5.75 Å². The summed E-state index contributed by atoms with van der Waals surface area (Å²) in [6.07, 6.45) is 4.52. The van der Waals surface area contributed by atoms with Crippen LogP contribution in [0.15, 0.2) is 18.2 Å². The maximum absolute atomic E-state index is 12.8. The quantitative estimate of drug-likeness (QED) is 0.798. The van der Waals surface area contributed by atoms with Crippen LogP contribution in [0.25, 0.3) is 0 Å². The number of esters is 1. The Labute approximate surface area is 148 Å². The van der Waals surface area contributed by atoms with Crippen LogP contribution in [-0.2, 0) is 4.74 Å². The van der Waals surface area contributed by atoms with Crippen LogP contribution in [0.2, 0.25) is 0 Å². The molecular weight excluding hydrogens is 320 g/mol. The molecule has 1 heterocycles. The summed E-state index contributed by atoms with van der Waals surface area (Å²) in [5, 5.41) is 0. The van der Waals surface area contributed by atoms with Gasteiger partial charge in [0.25, 0.3) is 5.91 Å². The predicted octanol–water partition coefficient (Wildman–Crippen LogP) is 2.07. The van der Waals surface area contributed by atoms with Crippen molar-refractivity contribution < 1.29 is 19.1 Å². The normalized spacial score (nSPS) is 20.2. The number of nitrogens with two attached hydrogens (primary N) is 1. The number of nitrogens with zero attached hydrogens (tertiary/aromatic N) is 1. The van der Waals surface area contributed by atoms with Gasteiger partial charge in [0.2, 0.25) is 0 Å². The zero-order valence-electron chi connectivity index (χ0n) is 14.7. The number of rotatable bonds is 6. The van der Waals surface area contributed by atoms with Gasteiger partial charge in [-0.3, -0.25) is 4.79 Å². The van der Waals surface area contributed by atoms with Crippen LogP contribution in [0.1, 0.15) is 46.4 Å². The summed E-state index contributed by atoms with van der Waals surface area (Å²) in [5.41, 5.74) is 6.51. The first kappa shape index (κ1) is 17.7. The van der Waals surface area contributed by atoms with Crippen molar-refractivity contribution in [2.24, 2.45) is 17.6 Å². The predicted molar refractivity (Wildman–Crippen MR) is 93.7 cm³/mol. The van der Waals surface area contributed by atoms with Crippen molar-refractivity contribution in [1.82, 2.24) is 4.90 Å². The van der Waals surface area contributed by atoms with Crippen molar-refractivity contribution in [3.63, 3.8) is 0 Å². The molecule has 0 bridgehead atoms. The molecule has 1 saturated carbocycles. The minimum Gasteiger partial charge on any atom is -0.493 e. The second-order valence-corrected chi connectivity index (χ2v) is 6.99. The van der Waals surface area contributed by atoms with Crippen molar-refractivity contribution in [3.05, 3.63) is 29.3 Å². The van der Waals surface area contributed by atoms with E-state index < -0.39 is 5.97 Å². The number of hydrogen-bond acceptors (Lipinski definition) is 5. The van der Waals surface area contributed by atoms with Gasteiger partial charge in [-0.15, -0.1) is 0 Å². The summed E-state index contributed by atoms with van der Waals surface area (Å²) in [4.78, 5) is 26.5. The summed E-state index contributed by atoms with van der Waals surface area (Å²) in [7, 11) is 1.33. The number of benzene rings is 1. The molecule has 2 fully saturated rings. The van der Waals surface area contributed by atoms with Gasteiger partial charge in [0.15, 0.2) is 0 Å². The van der Waals surface area contributed by atoms with Gasteiger partial charge in [-0.25, -0.2) is 4.79 Å². The topological polar surface area (TPSA) is 81.9 Å². The van der Waals surface area contributed by atoms with E-state index in [1.165, 1.54) is 26.4 Å². The molecule has 1 amide bonds. The van der Waals surface area contributed by atoms with Crippen LogP contribution < -0.4 is 10.5 Å². The molecule has 2 aliphatic rings. The third kappa shape index (κ3) is 4.12. The molecule has 0 radical (unpaired) electrons. The van der Waals surface area contributed by atoms with E-state index in [4.69, 9.17) is 15.2 Å². The second-order valence-electron chi connectivity index (χ2n) is 6.99. The zero-order valence-corrected chi connectivity index (χ0v) is 14.7. The minimum atomic E-state index is -0.468. The Kier molecular flexibility index (Phi) is 5.58. The fourth-order valence-corrected chi connectivity index (χ4v) is 3.31. The number of amides is 1. The summed E-state index contributed by atoms with van der Waals surface area (Å²) in [6, 6.07) is 4.96. The highest BCUT2D eigenvalue weighted by molar-refractivity contribution is 5.98. The lowest BCUT2D eigenvalue weighted by atomic mass is 9.86. The van der Waals surface area contributed by atoms with Gasteiger partial charge < -0.3 is 20.1 Å². The molecule has 1 unspecified atom stereocenters. The molecule has 1 atom stereocenters. The van der Waals surface area contributed by atoms with Crippen LogP contribution in [0.3, 0.4) is 0 Å². The maximum Gasteiger partial charge on any atom is 0.338 e. The Morgan fingerprint density at radius 1 is 1.16 bits per heavy atom. The lowest BCUT2D eigenvalue weighted by Crippen LogP contribution is -2.30. The first-order valence-corrected chi connectivity index (χ1v) is 8.96. The van der Waals surface area contributed by atoms with Crippen molar-refractivity contribution >= 4 is 11.9 Å². The molecule has 0 spiro atoms. The summed E-state index contributed by atoms with van der Waals surface area (Å²) in [6.45, 7) is 2.57. The highest BCUT2D eigenvalue weighted by Crippen LogP contribution is 2.28. The molecule has 25 heavy (non-hydrogen) atoms. The molecule has 1 aromatic carbocycles. The SMILES string of the molecule is COC(=O)c1cc(OCC2CCC2)cc(C(=O)N2CCC(CN)C2)c1. The first-order chi connectivity index (χ1) is 12.1. The molecule has 1 aliphatic carbocycles. The number of hydrogen-bond donors (Lipinski definition) is 1. The number of ether oxygens (including phenoxy) is 2. The molecular formula is C19H26N2O4. The molecule has 136 valence electrons. The Bertz CT molecular complexity index is 642. The van der Waals surface area contributed by atoms with Gasteiger partial charge >= 0.3 is 5.97 Å². The van der Waals surface area contributed by atoms with Gasteiger partial charge in [0, 0.05) is 18.7 Å². The third-order valence-electron chi connectivity index (χ3n) is 5.19. The maximum atomic E-state index is 12.8. The smallest absolute Gasteiger partial charge is 0.338 e. The molecule has 3 rings (SSSR count). The van der Waals surface area contributed by atoms with Crippen LogP contribution in [0.4, 0.5) is 0 Å². The van der Waals surface area contributed by atoms with Gasteiger partial charge in [-0.2, -0.15) is 0 Å². The van der Waals surface area contributed by atoms with E-state index in [0.29, 0.717) is 55.0 Å².